The summed E-state index contributed by atoms with van der Waals surface area (Å²) in [5.41, 5.74) is 0. The molecule has 27 heavy (non-hydrogen) atoms. The van der Waals surface area contributed by atoms with Gasteiger partial charge in [0.05, 0.1) is 12.3 Å². The molecule has 2 saturated heterocycles. The number of halogens is 1. The molecule has 154 valence electrons. The van der Waals surface area contributed by atoms with Gasteiger partial charge in [0.25, 0.3) is 0 Å². The maximum atomic E-state index is 5.71. The van der Waals surface area contributed by atoms with Crippen LogP contribution < -0.4 is 10.6 Å². The van der Waals surface area contributed by atoms with Crippen LogP contribution >= 0.6 is 24.0 Å². The number of likely N-dealkylation sites (tertiary alicyclic amines) is 2. The normalized spacial score (nSPS) is 23.0. The molecule has 2 N–H and O–H groups in total. The van der Waals surface area contributed by atoms with Gasteiger partial charge in [0.15, 0.2) is 5.96 Å². The van der Waals surface area contributed by atoms with Crippen LogP contribution in [0.1, 0.15) is 50.8 Å². The van der Waals surface area contributed by atoms with Gasteiger partial charge in [-0.1, -0.05) is 13.3 Å². The van der Waals surface area contributed by atoms with E-state index >= 15 is 0 Å². The third-order valence-electron chi connectivity index (χ3n) is 5.80. The van der Waals surface area contributed by atoms with Crippen LogP contribution in [0.15, 0.2) is 27.8 Å². The second-order valence-electron chi connectivity index (χ2n) is 7.39. The molecule has 0 aliphatic carbocycles. The molecule has 0 bridgehead atoms. The number of guanidine groups is 1. The maximum absolute atomic E-state index is 5.71. The summed E-state index contributed by atoms with van der Waals surface area (Å²) in [4.78, 5) is 9.53. The van der Waals surface area contributed by atoms with Crippen molar-refractivity contribution in [3.63, 3.8) is 0 Å². The van der Waals surface area contributed by atoms with Crippen LogP contribution in [-0.2, 0) is 0 Å². The lowest BCUT2D eigenvalue weighted by Crippen LogP contribution is -2.50. The van der Waals surface area contributed by atoms with Gasteiger partial charge in [-0.05, 0) is 64.0 Å². The number of aliphatic imine (C=N–C) groups is 1. The quantitative estimate of drug-likeness (QED) is 0.351. The van der Waals surface area contributed by atoms with Gasteiger partial charge in [-0.2, -0.15) is 0 Å². The fraction of sp³-hybridized carbons (Fsp3) is 0.750. The average Bonchev–Trinajstić information content (AvgIpc) is 3.39. The highest BCUT2D eigenvalue weighted by molar-refractivity contribution is 14.0. The molecule has 0 saturated carbocycles. The first kappa shape index (κ1) is 22.5. The Morgan fingerprint density at radius 1 is 1.22 bits per heavy atom. The zero-order valence-corrected chi connectivity index (χ0v) is 19.2. The zero-order valence-electron chi connectivity index (χ0n) is 16.8. The van der Waals surface area contributed by atoms with Crippen molar-refractivity contribution in [2.24, 2.45) is 4.99 Å². The monoisotopic (exact) mass is 489 g/mol. The Balaban J connectivity index is 0.00000261. The summed E-state index contributed by atoms with van der Waals surface area (Å²) in [6.07, 6.45) is 8.27. The Bertz CT molecular complexity index is 545. The lowest BCUT2D eigenvalue weighted by atomic mass is 10.0. The molecule has 0 amide bonds. The standard InChI is InChI=1S/C20H35N5O.HI/c1-3-24-11-5-4-9-17(24)15-22-20(21-2)23-16-18(19-10-8-14-26-19)25-12-6-7-13-25;/h8,10,14,17-18H,3-7,9,11-13,15-16H2,1-2H3,(H2,21,22,23);1H. The van der Waals surface area contributed by atoms with Gasteiger partial charge in [0.2, 0.25) is 0 Å². The third kappa shape index (κ3) is 6.35. The summed E-state index contributed by atoms with van der Waals surface area (Å²) >= 11 is 0. The molecule has 3 heterocycles. The lowest BCUT2D eigenvalue weighted by molar-refractivity contribution is 0.157. The summed E-state index contributed by atoms with van der Waals surface area (Å²) in [5.74, 6) is 1.93. The number of likely N-dealkylation sites (N-methyl/N-ethyl adjacent to an activating group) is 1. The van der Waals surface area contributed by atoms with Crippen molar-refractivity contribution in [2.45, 2.75) is 51.1 Å². The van der Waals surface area contributed by atoms with E-state index in [1.807, 2.05) is 13.1 Å². The number of hydrogen-bond donors (Lipinski definition) is 2. The van der Waals surface area contributed by atoms with Gasteiger partial charge in [0, 0.05) is 26.2 Å². The highest BCUT2D eigenvalue weighted by Crippen LogP contribution is 2.24. The molecule has 2 fully saturated rings. The molecule has 0 radical (unpaired) electrons. The van der Waals surface area contributed by atoms with Gasteiger partial charge >= 0.3 is 0 Å². The van der Waals surface area contributed by atoms with Gasteiger partial charge in [0.1, 0.15) is 5.76 Å². The van der Waals surface area contributed by atoms with E-state index in [-0.39, 0.29) is 30.0 Å². The van der Waals surface area contributed by atoms with Crippen LogP contribution in [0.3, 0.4) is 0 Å². The number of furan rings is 1. The molecule has 3 rings (SSSR count). The number of nitrogens with zero attached hydrogens (tertiary/aromatic N) is 3. The highest BCUT2D eigenvalue weighted by atomic mass is 127. The molecule has 2 aliphatic heterocycles. The second kappa shape index (κ2) is 11.9. The Morgan fingerprint density at radius 3 is 2.67 bits per heavy atom. The predicted octanol–water partition coefficient (Wildman–Crippen LogP) is 3.07. The van der Waals surface area contributed by atoms with Crippen molar-refractivity contribution in [2.75, 3.05) is 46.3 Å². The largest absolute Gasteiger partial charge is 0.468 e. The number of rotatable bonds is 7. The van der Waals surface area contributed by atoms with Crippen LogP contribution in [0, 0.1) is 0 Å². The number of hydrogen-bond acceptors (Lipinski definition) is 4. The van der Waals surface area contributed by atoms with E-state index in [4.69, 9.17) is 4.42 Å². The van der Waals surface area contributed by atoms with Crippen LogP contribution in [-0.4, -0.2) is 68.1 Å². The summed E-state index contributed by atoms with van der Waals surface area (Å²) in [7, 11) is 1.85. The minimum Gasteiger partial charge on any atom is -0.468 e. The lowest BCUT2D eigenvalue weighted by Gasteiger charge is -2.35. The Morgan fingerprint density at radius 2 is 2.00 bits per heavy atom. The first-order valence-electron chi connectivity index (χ1n) is 10.3. The molecule has 0 spiro atoms. The van der Waals surface area contributed by atoms with Gasteiger partial charge in [-0.15, -0.1) is 24.0 Å². The Kier molecular flexibility index (Phi) is 9.92. The molecule has 2 atom stereocenters. The van der Waals surface area contributed by atoms with E-state index in [2.05, 4.69) is 38.4 Å². The first-order valence-corrected chi connectivity index (χ1v) is 10.3. The third-order valence-corrected chi connectivity index (χ3v) is 5.80. The van der Waals surface area contributed by atoms with E-state index in [0.717, 1.165) is 44.4 Å². The maximum Gasteiger partial charge on any atom is 0.191 e. The van der Waals surface area contributed by atoms with Crippen molar-refractivity contribution >= 4 is 29.9 Å². The SMILES string of the molecule is CCN1CCCCC1CNC(=NC)NCC(c1ccco1)N1CCCC1.I. The van der Waals surface area contributed by atoms with Gasteiger partial charge in [-0.3, -0.25) is 14.8 Å². The van der Waals surface area contributed by atoms with Crippen LogP contribution in [0.4, 0.5) is 0 Å². The smallest absolute Gasteiger partial charge is 0.191 e. The molecule has 1 aromatic rings. The highest BCUT2D eigenvalue weighted by Gasteiger charge is 2.26. The zero-order chi connectivity index (χ0) is 18.2. The summed E-state index contributed by atoms with van der Waals surface area (Å²) < 4.78 is 5.71. The molecular weight excluding hydrogens is 453 g/mol. The molecule has 6 nitrogen and oxygen atoms in total. The molecule has 2 unspecified atom stereocenters. The fourth-order valence-electron chi connectivity index (χ4n) is 4.28. The van der Waals surface area contributed by atoms with E-state index in [1.54, 1.807) is 6.26 Å². The summed E-state index contributed by atoms with van der Waals surface area (Å²) in [6, 6.07) is 4.95. The summed E-state index contributed by atoms with van der Waals surface area (Å²) in [6.45, 7) is 8.69. The van der Waals surface area contributed by atoms with E-state index in [1.165, 1.54) is 38.6 Å². The minimum atomic E-state index is 0. The topological polar surface area (TPSA) is 56.0 Å². The van der Waals surface area contributed by atoms with E-state index < -0.39 is 0 Å². The Labute approximate surface area is 181 Å². The summed E-state index contributed by atoms with van der Waals surface area (Å²) in [5, 5.41) is 7.07. The van der Waals surface area contributed by atoms with Crippen molar-refractivity contribution in [1.82, 2.24) is 20.4 Å². The van der Waals surface area contributed by atoms with Crippen LogP contribution in [0.5, 0.6) is 0 Å². The van der Waals surface area contributed by atoms with Gasteiger partial charge in [-0.25, -0.2) is 0 Å². The molecule has 0 aromatic carbocycles. The fourth-order valence-corrected chi connectivity index (χ4v) is 4.28. The minimum absolute atomic E-state index is 0. The molecule has 2 aliphatic rings. The van der Waals surface area contributed by atoms with E-state index in [9.17, 15) is 0 Å². The van der Waals surface area contributed by atoms with Gasteiger partial charge < -0.3 is 15.1 Å². The van der Waals surface area contributed by atoms with Crippen molar-refractivity contribution in [3.8, 4) is 0 Å². The first-order chi connectivity index (χ1) is 12.8. The van der Waals surface area contributed by atoms with E-state index in [0.29, 0.717) is 6.04 Å². The predicted molar refractivity (Wildman–Crippen MR) is 122 cm³/mol. The van der Waals surface area contributed by atoms with Crippen LogP contribution in [0.25, 0.3) is 0 Å². The van der Waals surface area contributed by atoms with Crippen molar-refractivity contribution in [1.29, 1.82) is 0 Å². The second-order valence-corrected chi connectivity index (χ2v) is 7.39. The molecular formula is C20H36IN5O. The number of piperidine rings is 1. The molecule has 1 aromatic heterocycles. The van der Waals surface area contributed by atoms with Crippen LogP contribution in [0.2, 0.25) is 0 Å². The van der Waals surface area contributed by atoms with Crippen molar-refractivity contribution < 1.29 is 4.42 Å². The average molecular weight is 489 g/mol. The number of nitrogens with one attached hydrogen (secondary N) is 2. The van der Waals surface area contributed by atoms with Crippen molar-refractivity contribution in [3.05, 3.63) is 24.2 Å². The molecule has 7 heteroatoms. The Hall–Kier alpha value is -0.800.